The third-order valence-electron chi connectivity index (χ3n) is 3.06. The van der Waals surface area contributed by atoms with Gasteiger partial charge in [0.25, 0.3) is 0 Å². The Hall–Kier alpha value is -0.970. The normalized spacial score (nSPS) is 12.9. The van der Waals surface area contributed by atoms with Gasteiger partial charge in [0, 0.05) is 10.4 Å². The largest absolute Gasteiger partial charge is 0.304 e. The van der Waals surface area contributed by atoms with Gasteiger partial charge in [-0.3, -0.25) is 0 Å². The fourth-order valence-corrected chi connectivity index (χ4v) is 3.32. The molecule has 0 radical (unpaired) electrons. The number of hydrogen-bond acceptors (Lipinski definition) is 3. The van der Waals surface area contributed by atoms with Crippen LogP contribution in [0.1, 0.15) is 49.0 Å². The van der Waals surface area contributed by atoms with Crippen LogP contribution < -0.4 is 5.32 Å². The molecule has 0 aliphatic carbocycles. The zero-order valence-corrected chi connectivity index (χ0v) is 13.4. The van der Waals surface area contributed by atoms with Crippen molar-refractivity contribution in [1.82, 2.24) is 10.3 Å². The van der Waals surface area contributed by atoms with E-state index in [1.165, 1.54) is 12.1 Å². The van der Waals surface area contributed by atoms with Crippen LogP contribution in [0.2, 0.25) is 5.02 Å². The Morgan fingerprint density at radius 2 is 2.15 bits per heavy atom. The summed E-state index contributed by atoms with van der Waals surface area (Å²) in [5.41, 5.74) is 1.94. The van der Waals surface area contributed by atoms with Gasteiger partial charge in [0.1, 0.15) is 10.8 Å². The number of benzene rings is 1. The van der Waals surface area contributed by atoms with Crippen LogP contribution in [0.3, 0.4) is 0 Å². The molecule has 0 amide bonds. The van der Waals surface area contributed by atoms with Gasteiger partial charge >= 0.3 is 0 Å². The zero-order valence-electron chi connectivity index (χ0n) is 11.8. The molecule has 2 rings (SSSR count). The molecule has 0 aliphatic heterocycles. The quantitative estimate of drug-likeness (QED) is 0.861. The van der Waals surface area contributed by atoms with Crippen molar-refractivity contribution in [3.8, 4) is 0 Å². The maximum Gasteiger partial charge on any atom is 0.124 e. The van der Waals surface area contributed by atoms with Gasteiger partial charge in [-0.2, -0.15) is 0 Å². The van der Waals surface area contributed by atoms with Crippen molar-refractivity contribution in [2.45, 2.75) is 32.7 Å². The van der Waals surface area contributed by atoms with E-state index in [4.69, 9.17) is 11.6 Å². The maximum absolute atomic E-state index is 13.2. The summed E-state index contributed by atoms with van der Waals surface area (Å²) in [4.78, 5) is 4.67. The summed E-state index contributed by atoms with van der Waals surface area (Å²) in [6, 6.07) is 4.41. The molecule has 1 aromatic heterocycles. The molecule has 0 bridgehead atoms. The zero-order chi connectivity index (χ0) is 14.7. The Balaban J connectivity index is 2.39. The summed E-state index contributed by atoms with van der Waals surface area (Å²) in [7, 11) is 0. The van der Waals surface area contributed by atoms with Crippen molar-refractivity contribution < 1.29 is 4.39 Å². The lowest BCUT2D eigenvalue weighted by Gasteiger charge is -2.17. The van der Waals surface area contributed by atoms with E-state index >= 15 is 0 Å². The summed E-state index contributed by atoms with van der Waals surface area (Å²) in [6.45, 7) is 7.05. The second-order valence-electron chi connectivity index (χ2n) is 4.92. The molecule has 1 unspecified atom stereocenters. The molecule has 5 heteroatoms. The molecule has 0 saturated heterocycles. The number of nitrogens with zero attached hydrogens (tertiary/aromatic N) is 1. The molecule has 0 saturated carbocycles. The fourth-order valence-electron chi connectivity index (χ4n) is 1.97. The van der Waals surface area contributed by atoms with Gasteiger partial charge in [-0.05, 0) is 30.2 Å². The van der Waals surface area contributed by atoms with Crippen molar-refractivity contribution in [2.24, 2.45) is 0 Å². The molecule has 1 N–H and O–H groups in total. The highest BCUT2D eigenvalue weighted by molar-refractivity contribution is 7.09. The van der Waals surface area contributed by atoms with Crippen molar-refractivity contribution in [3.05, 3.63) is 50.7 Å². The third-order valence-corrected chi connectivity index (χ3v) is 4.32. The number of thiazole rings is 1. The molecule has 1 atom stereocenters. The molecule has 108 valence electrons. The summed E-state index contributed by atoms with van der Waals surface area (Å²) in [6.07, 6.45) is 0. The number of halogens is 2. The van der Waals surface area contributed by atoms with E-state index in [0.29, 0.717) is 10.9 Å². The van der Waals surface area contributed by atoms with E-state index in [0.717, 1.165) is 22.8 Å². The van der Waals surface area contributed by atoms with Gasteiger partial charge < -0.3 is 5.32 Å². The summed E-state index contributed by atoms with van der Waals surface area (Å²) in [5.74, 6) is 0.0713. The van der Waals surface area contributed by atoms with Crippen LogP contribution >= 0.6 is 22.9 Å². The lowest BCUT2D eigenvalue weighted by atomic mass is 10.1. The van der Waals surface area contributed by atoms with E-state index in [-0.39, 0.29) is 11.9 Å². The molecule has 1 heterocycles. The average molecular weight is 313 g/mol. The second-order valence-corrected chi connectivity index (χ2v) is 6.22. The number of hydrogen-bond donors (Lipinski definition) is 1. The molecule has 20 heavy (non-hydrogen) atoms. The van der Waals surface area contributed by atoms with Gasteiger partial charge in [-0.1, -0.05) is 38.4 Å². The minimum Gasteiger partial charge on any atom is -0.304 e. The number of nitrogens with one attached hydrogen (secondary N) is 1. The standard InChI is InChI=1S/C15H18ClFN2S/c1-4-18-14(11-6-5-10(17)7-12(11)16)15-19-13(8-20-15)9(2)3/h5-9,14,18H,4H2,1-3H3. The molecule has 0 fully saturated rings. The summed E-state index contributed by atoms with van der Waals surface area (Å²) >= 11 is 7.78. The molecular formula is C15H18ClFN2S. The average Bonchev–Trinajstić information content (AvgIpc) is 2.86. The van der Waals surface area contributed by atoms with E-state index < -0.39 is 0 Å². The Morgan fingerprint density at radius 1 is 1.40 bits per heavy atom. The molecule has 2 nitrogen and oxygen atoms in total. The first-order valence-corrected chi connectivity index (χ1v) is 7.92. The van der Waals surface area contributed by atoms with Crippen LogP contribution in [0.4, 0.5) is 4.39 Å². The van der Waals surface area contributed by atoms with Gasteiger partial charge in [0.15, 0.2) is 0 Å². The van der Waals surface area contributed by atoms with Crippen LogP contribution in [0.5, 0.6) is 0 Å². The minimum atomic E-state index is -0.323. The van der Waals surface area contributed by atoms with Crippen LogP contribution in [0, 0.1) is 5.82 Å². The van der Waals surface area contributed by atoms with Crippen molar-refractivity contribution >= 4 is 22.9 Å². The van der Waals surface area contributed by atoms with Crippen LogP contribution in [-0.4, -0.2) is 11.5 Å². The van der Waals surface area contributed by atoms with Crippen molar-refractivity contribution in [3.63, 3.8) is 0 Å². The van der Waals surface area contributed by atoms with Gasteiger partial charge in [0.05, 0.1) is 11.7 Å². The van der Waals surface area contributed by atoms with Gasteiger partial charge in [-0.15, -0.1) is 11.3 Å². The lowest BCUT2D eigenvalue weighted by molar-refractivity contribution is 0.610. The molecular weight excluding hydrogens is 295 g/mol. The molecule has 2 aromatic rings. The number of rotatable bonds is 5. The predicted molar refractivity (Wildman–Crippen MR) is 83.1 cm³/mol. The van der Waals surface area contributed by atoms with Crippen molar-refractivity contribution in [1.29, 1.82) is 0 Å². The van der Waals surface area contributed by atoms with Gasteiger partial charge in [0.2, 0.25) is 0 Å². The first kappa shape index (κ1) is 15.4. The van der Waals surface area contributed by atoms with Crippen molar-refractivity contribution in [2.75, 3.05) is 6.54 Å². The highest BCUT2D eigenvalue weighted by Gasteiger charge is 2.20. The minimum absolute atomic E-state index is 0.0920. The first-order valence-electron chi connectivity index (χ1n) is 6.66. The SMILES string of the molecule is CCNC(c1nc(C(C)C)cs1)c1ccc(F)cc1Cl. The smallest absolute Gasteiger partial charge is 0.124 e. The highest BCUT2D eigenvalue weighted by Crippen LogP contribution is 2.31. The summed E-state index contributed by atoms with van der Waals surface area (Å²) < 4.78 is 13.2. The molecule has 1 aromatic carbocycles. The Bertz CT molecular complexity index is 583. The highest BCUT2D eigenvalue weighted by atomic mass is 35.5. The van der Waals surface area contributed by atoms with Crippen LogP contribution in [0.25, 0.3) is 0 Å². The Kier molecular flexibility index (Phi) is 5.13. The second kappa shape index (κ2) is 6.66. The Morgan fingerprint density at radius 3 is 2.70 bits per heavy atom. The fraction of sp³-hybridized carbons (Fsp3) is 0.400. The van der Waals surface area contributed by atoms with E-state index in [2.05, 4.69) is 29.5 Å². The maximum atomic E-state index is 13.2. The molecule has 0 aliphatic rings. The first-order chi connectivity index (χ1) is 9.52. The monoisotopic (exact) mass is 312 g/mol. The third kappa shape index (κ3) is 3.37. The topological polar surface area (TPSA) is 24.9 Å². The van der Waals surface area contributed by atoms with E-state index in [9.17, 15) is 4.39 Å². The van der Waals surface area contributed by atoms with Crippen LogP contribution in [-0.2, 0) is 0 Å². The predicted octanol–water partition coefficient (Wildman–Crippen LogP) is 4.76. The van der Waals surface area contributed by atoms with E-state index in [1.54, 1.807) is 17.4 Å². The van der Waals surface area contributed by atoms with Crippen LogP contribution in [0.15, 0.2) is 23.6 Å². The van der Waals surface area contributed by atoms with E-state index in [1.807, 2.05) is 6.92 Å². The summed E-state index contributed by atoms with van der Waals surface area (Å²) in [5, 5.41) is 6.83. The van der Waals surface area contributed by atoms with Gasteiger partial charge in [-0.25, -0.2) is 9.37 Å². The molecule has 0 spiro atoms. The lowest BCUT2D eigenvalue weighted by Crippen LogP contribution is -2.22. The number of aromatic nitrogens is 1. The Labute approximate surface area is 128 Å².